The van der Waals surface area contributed by atoms with Crippen LogP contribution in [0.5, 0.6) is 0 Å². The van der Waals surface area contributed by atoms with Gasteiger partial charge >= 0.3 is 12.0 Å². The van der Waals surface area contributed by atoms with E-state index in [0.29, 0.717) is 0 Å². The topological polar surface area (TPSA) is 84.5 Å². The Morgan fingerprint density at radius 2 is 1.32 bits per heavy atom. The molecular weight excluding hydrogens is 356 g/mol. The third-order valence-corrected chi connectivity index (χ3v) is 3.89. The van der Waals surface area contributed by atoms with Crippen molar-refractivity contribution in [3.8, 4) is 0 Å². The van der Waals surface area contributed by atoms with Gasteiger partial charge in [-0.25, -0.2) is 4.79 Å². The summed E-state index contributed by atoms with van der Waals surface area (Å²) in [6.07, 6.45) is -1.12. The van der Waals surface area contributed by atoms with E-state index in [2.05, 4.69) is 10.6 Å². The molecule has 0 radical (unpaired) electrons. The maximum atomic E-state index is 12.9. The predicted octanol–water partition coefficient (Wildman–Crippen LogP) is 3.37. The third-order valence-electron chi connectivity index (χ3n) is 3.89. The quantitative estimate of drug-likeness (QED) is 0.777. The highest BCUT2D eigenvalue weighted by Crippen LogP contribution is 2.26. The molecule has 6 heteroatoms. The molecule has 0 saturated carbocycles. The van der Waals surface area contributed by atoms with E-state index in [1.807, 2.05) is 60.7 Å². The van der Waals surface area contributed by atoms with E-state index in [1.54, 1.807) is 20.8 Å². The maximum Gasteiger partial charge on any atom is 0.321 e. The zero-order chi connectivity index (χ0) is 20.7. The first kappa shape index (κ1) is 21.2. The van der Waals surface area contributed by atoms with Crippen LogP contribution in [-0.2, 0) is 14.3 Å². The van der Waals surface area contributed by atoms with Crippen molar-refractivity contribution in [1.29, 1.82) is 0 Å². The van der Waals surface area contributed by atoms with Crippen molar-refractivity contribution < 1.29 is 19.1 Å². The van der Waals surface area contributed by atoms with Gasteiger partial charge in [0.1, 0.15) is 5.92 Å². The fourth-order valence-corrected chi connectivity index (χ4v) is 2.64. The molecular formula is C22H26N2O4. The van der Waals surface area contributed by atoms with Crippen molar-refractivity contribution in [2.24, 2.45) is 0 Å². The summed E-state index contributed by atoms with van der Waals surface area (Å²) in [6, 6.07) is 17.8. The van der Waals surface area contributed by atoms with Crippen LogP contribution in [0, 0.1) is 0 Å². The molecule has 0 aliphatic rings. The first-order valence-electron chi connectivity index (χ1n) is 9.11. The van der Waals surface area contributed by atoms with Crippen molar-refractivity contribution >= 4 is 17.9 Å². The molecule has 6 nitrogen and oxygen atoms in total. The highest BCUT2D eigenvalue weighted by Gasteiger charge is 2.28. The Morgan fingerprint density at radius 1 is 0.857 bits per heavy atom. The second-order valence-corrected chi connectivity index (χ2v) is 7.53. The van der Waals surface area contributed by atoms with Crippen molar-refractivity contribution in [1.82, 2.24) is 10.6 Å². The van der Waals surface area contributed by atoms with E-state index in [9.17, 15) is 14.4 Å². The molecule has 1 unspecified atom stereocenters. The molecule has 0 bridgehead atoms. The van der Waals surface area contributed by atoms with Crippen LogP contribution in [-0.4, -0.2) is 29.6 Å². The van der Waals surface area contributed by atoms with Gasteiger partial charge in [-0.1, -0.05) is 60.7 Å². The zero-order valence-electron chi connectivity index (χ0n) is 16.6. The summed E-state index contributed by atoms with van der Waals surface area (Å²) in [5, 5.41) is 4.82. The maximum absolute atomic E-state index is 12.9. The third kappa shape index (κ3) is 6.23. The van der Waals surface area contributed by atoms with Crippen LogP contribution in [0.3, 0.4) is 0 Å². The van der Waals surface area contributed by atoms with Gasteiger partial charge in [-0.3, -0.25) is 14.9 Å². The number of carbonyl (C=O) groups excluding carboxylic acids is 3. The monoisotopic (exact) mass is 382 g/mol. The normalized spacial score (nSPS) is 12.2. The lowest BCUT2D eigenvalue weighted by atomic mass is 9.91. The van der Waals surface area contributed by atoms with Crippen LogP contribution in [0.25, 0.3) is 0 Å². The lowest BCUT2D eigenvalue weighted by Crippen LogP contribution is -2.50. The molecule has 2 N–H and O–H groups in total. The molecule has 28 heavy (non-hydrogen) atoms. The second-order valence-electron chi connectivity index (χ2n) is 7.53. The number of hydrogen-bond acceptors (Lipinski definition) is 4. The largest absolute Gasteiger partial charge is 0.452 e. The molecule has 1 atom stereocenters. The molecule has 148 valence electrons. The highest BCUT2D eigenvalue weighted by atomic mass is 16.5. The standard InChI is InChI=1S/C22H26N2O4/c1-15(19(25)23-21(27)24-22(2,3)4)28-20(26)18(16-11-7-5-8-12-16)17-13-9-6-10-14-17/h5-15,18H,1-4H3,(H2,23,24,25,27). The van der Waals surface area contributed by atoms with Gasteiger partial charge in [-0.05, 0) is 38.8 Å². The summed E-state index contributed by atoms with van der Waals surface area (Å²) in [7, 11) is 0. The Bertz CT molecular complexity index is 774. The number of imide groups is 1. The molecule has 0 aliphatic heterocycles. The summed E-state index contributed by atoms with van der Waals surface area (Å²) in [4.78, 5) is 36.9. The van der Waals surface area contributed by atoms with Gasteiger partial charge in [0, 0.05) is 5.54 Å². The Hall–Kier alpha value is -3.15. The molecule has 2 aromatic carbocycles. The van der Waals surface area contributed by atoms with E-state index in [0.717, 1.165) is 11.1 Å². The fourth-order valence-electron chi connectivity index (χ4n) is 2.64. The average molecular weight is 382 g/mol. The van der Waals surface area contributed by atoms with Crippen LogP contribution in [0.15, 0.2) is 60.7 Å². The SMILES string of the molecule is CC(OC(=O)C(c1ccccc1)c1ccccc1)C(=O)NC(=O)NC(C)(C)C. The molecule has 2 rings (SSSR count). The summed E-state index contributed by atoms with van der Waals surface area (Å²) >= 11 is 0. The highest BCUT2D eigenvalue weighted by molar-refractivity contribution is 5.97. The van der Waals surface area contributed by atoms with Crippen LogP contribution >= 0.6 is 0 Å². The minimum absolute atomic E-state index is 0.490. The number of rotatable bonds is 5. The molecule has 2 aromatic rings. The van der Waals surface area contributed by atoms with Crippen molar-refractivity contribution in [3.05, 3.63) is 71.8 Å². The van der Waals surface area contributed by atoms with Crippen LogP contribution in [0.2, 0.25) is 0 Å². The first-order chi connectivity index (χ1) is 13.2. The second kappa shape index (κ2) is 9.17. The fraction of sp³-hybridized carbons (Fsp3) is 0.318. The minimum atomic E-state index is -1.12. The number of benzene rings is 2. The molecule has 3 amide bonds. The molecule has 0 aliphatic carbocycles. The van der Waals surface area contributed by atoms with Gasteiger partial charge in [0.05, 0.1) is 0 Å². The molecule has 0 spiro atoms. The molecule has 0 saturated heterocycles. The Morgan fingerprint density at radius 3 is 1.75 bits per heavy atom. The molecule has 0 heterocycles. The van der Waals surface area contributed by atoms with Gasteiger partial charge in [0.25, 0.3) is 5.91 Å². The van der Waals surface area contributed by atoms with Crippen LogP contribution in [0.4, 0.5) is 4.79 Å². The first-order valence-corrected chi connectivity index (χ1v) is 9.11. The minimum Gasteiger partial charge on any atom is -0.452 e. The molecule has 0 fully saturated rings. The van der Waals surface area contributed by atoms with Crippen LogP contribution < -0.4 is 10.6 Å². The number of ether oxygens (including phenoxy) is 1. The summed E-state index contributed by atoms with van der Waals surface area (Å²) in [5.41, 5.74) is 1.03. The van der Waals surface area contributed by atoms with Gasteiger partial charge in [-0.15, -0.1) is 0 Å². The van der Waals surface area contributed by atoms with Crippen LogP contribution in [0.1, 0.15) is 44.7 Å². The number of carbonyl (C=O) groups is 3. The lowest BCUT2D eigenvalue weighted by Gasteiger charge is -2.22. The van der Waals surface area contributed by atoms with Gasteiger partial charge in [0.2, 0.25) is 0 Å². The van der Waals surface area contributed by atoms with E-state index in [-0.39, 0.29) is 0 Å². The Kier molecular flexibility index (Phi) is 6.93. The van der Waals surface area contributed by atoms with Crippen molar-refractivity contribution in [2.75, 3.05) is 0 Å². The average Bonchev–Trinajstić information content (AvgIpc) is 2.62. The van der Waals surface area contributed by atoms with E-state index in [4.69, 9.17) is 4.74 Å². The Balaban J connectivity index is 2.11. The van der Waals surface area contributed by atoms with E-state index >= 15 is 0 Å². The zero-order valence-corrected chi connectivity index (χ0v) is 16.6. The summed E-state index contributed by atoms with van der Waals surface area (Å²) < 4.78 is 5.38. The van der Waals surface area contributed by atoms with Gasteiger partial charge in [0.15, 0.2) is 6.10 Å². The van der Waals surface area contributed by atoms with Crippen molar-refractivity contribution in [2.45, 2.75) is 45.3 Å². The lowest BCUT2D eigenvalue weighted by molar-refractivity contribution is -0.155. The summed E-state index contributed by atoms with van der Waals surface area (Å²) in [5.74, 6) is -1.91. The number of urea groups is 1. The Labute approximate surface area is 165 Å². The number of amides is 3. The number of esters is 1. The smallest absolute Gasteiger partial charge is 0.321 e. The van der Waals surface area contributed by atoms with E-state index in [1.165, 1.54) is 6.92 Å². The summed E-state index contributed by atoms with van der Waals surface area (Å²) in [6.45, 7) is 6.82. The van der Waals surface area contributed by atoms with Gasteiger partial charge < -0.3 is 10.1 Å². The number of nitrogens with one attached hydrogen (secondary N) is 2. The number of hydrogen-bond donors (Lipinski definition) is 2. The van der Waals surface area contributed by atoms with Crippen molar-refractivity contribution in [3.63, 3.8) is 0 Å². The molecule has 0 aromatic heterocycles. The van der Waals surface area contributed by atoms with E-state index < -0.39 is 35.5 Å². The van der Waals surface area contributed by atoms with Gasteiger partial charge in [-0.2, -0.15) is 0 Å². The predicted molar refractivity (Wildman–Crippen MR) is 107 cm³/mol.